The second-order valence-corrected chi connectivity index (χ2v) is 10.3. The molecule has 0 radical (unpaired) electrons. The van der Waals surface area contributed by atoms with Gasteiger partial charge < -0.3 is 28.6 Å². The maximum Gasteiger partial charge on any atom is 0.324 e. The number of ether oxygens (including phenoxy) is 5. The lowest BCUT2D eigenvalue weighted by Gasteiger charge is -2.39. The fourth-order valence-electron chi connectivity index (χ4n) is 5.00. The van der Waals surface area contributed by atoms with Crippen molar-refractivity contribution in [3.8, 4) is 17.2 Å². The highest BCUT2D eigenvalue weighted by Gasteiger charge is 2.34. The maximum atomic E-state index is 13.8. The molecule has 2 aromatic rings. The molecule has 0 aliphatic carbocycles. The summed E-state index contributed by atoms with van der Waals surface area (Å²) in [6, 6.07) is 10.5. The van der Waals surface area contributed by atoms with E-state index in [4.69, 9.17) is 23.7 Å². The summed E-state index contributed by atoms with van der Waals surface area (Å²) in [7, 11) is 3.11. The van der Waals surface area contributed by atoms with Gasteiger partial charge in [0.25, 0.3) is 0 Å². The molecule has 0 saturated carbocycles. The second-order valence-electron chi connectivity index (χ2n) is 10.3. The van der Waals surface area contributed by atoms with Crippen LogP contribution in [0.1, 0.15) is 64.0 Å². The molecule has 10 nitrogen and oxygen atoms in total. The topological polar surface area (TPSA) is 104 Å². The van der Waals surface area contributed by atoms with Crippen molar-refractivity contribution in [2.45, 2.75) is 59.4 Å². The van der Waals surface area contributed by atoms with Gasteiger partial charge >= 0.3 is 18.0 Å². The van der Waals surface area contributed by atoms with E-state index in [1.807, 2.05) is 18.2 Å². The van der Waals surface area contributed by atoms with Gasteiger partial charge in [0.2, 0.25) is 0 Å². The number of urea groups is 1. The molecule has 1 saturated heterocycles. The SMILES string of the molecule is CCCCCOc1cc(N2CC(C)CN(Cc3ccc(C(C(=O)OCC)C(=O)OCC)cc3OC)C2=O)ccc1OC. The average Bonchev–Trinajstić information content (AvgIpc) is 2.98. The number of nitrogens with zero attached hydrogens (tertiary/aromatic N) is 2. The smallest absolute Gasteiger partial charge is 0.324 e. The van der Waals surface area contributed by atoms with Crippen LogP contribution in [0.5, 0.6) is 17.2 Å². The van der Waals surface area contributed by atoms with E-state index in [1.165, 1.54) is 7.11 Å². The van der Waals surface area contributed by atoms with E-state index in [9.17, 15) is 14.4 Å². The molecular formula is C32H44N2O8. The first kappa shape index (κ1) is 32.6. The fraction of sp³-hybridized carbons (Fsp3) is 0.531. The molecule has 1 aliphatic rings. The minimum Gasteiger partial charge on any atom is -0.496 e. The lowest BCUT2D eigenvalue weighted by atomic mass is 9.97. The lowest BCUT2D eigenvalue weighted by molar-refractivity contribution is -0.156. The van der Waals surface area contributed by atoms with Gasteiger partial charge in [-0.2, -0.15) is 0 Å². The average molecular weight is 585 g/mol. The van der Waals surface area contributed by atoms with Gasteiger partial charge in [-0.3, -0.25) is 14.5 Å². The number of rotatable bonds is 15. The van der Waals surface area contributed by atoms with Crippen molar-refractivity contribution in [2.75, 3.05) is 52.0 Å². The Balaban J connectivity index is 1.85. The Morgan fingerprint density at radius 3 is 2.19 bits per heavy atom. The zero-order valence-electron chi connectivity index (χ0n) is 25.6. The number of hydrogen-bond acceptors (Lipinski definition) is 8. The highest BCUT2D eigenvalue weighted by atomic mass is 16.6. The van der Waals surface area contributed by atoms with Crippen LogP contribution < -0.4 is 19.1 Å². The molecule has 42 heavy (non-hydrogen) atoms. The second kappa shape index (κ2) is 15.9. The lowest BCUT2D eigenvalue weighted by Crippen LogP contribution is -2.52. The summed E-state index contributed by atoms with van der Waals surface area (Å²) in [5, 5.41) is 0. The summed E-state index contributed by atoms with van der Waals surface area (Å²) in [5.74, 6) is -0.716. The van der Waals surface area contributed by atoms with Crippen LogP contribution in [0.2, 0.25) is 0 Å². The van der Waals surface area contributed by atoms with Crippen molar-refractivity contribution in [2.24, 2.45) is 5.92 Å². The van der Waals surface area contributed by atoms with Crippen LogP contribution in [0.3, 0.4) is 0 Å². The Hall–Kier alpha value is -3.95. The quantitative estimate of drug-likeness (QED) is 0.152. The number of methoxy groups -OCH3 is 2. The molecule has 230 valence electrons. The summed E-state index contributed by atoms with van der Waals surface area (Å²) in [6.07, 6.45) is 3.12. The number of benzene rings is 2. The van der Waals surface area contributed by atoms with Crippen molar-refractivity contribution < 1.29 is 38.1 Å². The summed E-state index contributed by atoms with van der Waals surface area (Å²) in [4.78, 5) is 42.5. The van der Waals surface area contributed by atoms with E-state index >= 15 is 0 Å². The van der Waals surface area contributed by atoms with Crippen molar-refractivity contribution >= 4 is 23.7 Å². The van der Waals surface area contributed by atoms with E-state index in [0.717, 1.165) is 30.5 Å². The number of amides is 2. The standard InChI is InChI=1S/C32H44N2O8/c1-7-10-11-16-42-28-18-25(14-15-26(28)38-5)34-20-22(4)19-33(32(34)37)21-24-13-12-23(17-27(24)39-6)29(30(35)40-8-2)31(36)41-9-3/h12-15,17-18,22,29H,7-11,16,19-21H2,1-6H3. The highest BCUT2D eigenvalue weighted by molar-refractivity contribution is 6.01. The number of carbonyl (C=O) groups excluding carboxylic acids is 3. The molecule has 0 spiro atoms. The van der Waals surface area contributed by atoms with E-state index in [2.05, 4.69) is 13.8 Å². The first-order chi connectivity index (χ1) is 20.3. The predicted molar refractivity (Wildman–Crippen MR) is 159 cm³/mol. The molecule has 1 unspecified atom stereocenters. The number of esters is 2. The Labute approximate surface area is 248 Å². The fourth-order valence-corrected chi connectivity index (χ4v) is 5.00. The number of carbonyl (C=O) groups is 3. The normalized spacial score (nSPS) is 15.0. The van der Waals surface area contributed by atoms with Crippen LogP contribution >= 0.6 is 0 Å². The molecule has 1 atom stereocenters. The summed E-state index contributed by atoms with van der Waals surface area (Å²) < 4.78 is 27.4. The molecule has 0 N–H and O–H groups in total. The molecule has 1 heterocycles. The molecule has 0 bridgehead atoms. The Kier molecular flexibility index (Phi) is 12.3. The molecule has 0 aromatic heterocycles. The number of unbranched alkanes of at least 4 members (excludes halogenated alkanes) is 2. The van der Waals surface area contributed by atoms with E-state index < -0.39 is 17.9 Å². The van der Waals surface area contributed by atoms with Crippen LogP contribution in [-0.2, 0) is 25.6 Å². The van der Waals surface area contributed by atoms with Gasteiger partial charge in [0.05, 0.1) is 40.6 Å². The first-order valence-electron chi connectivity index (χ1n) is 14.6. The monoisotopic (exact) mass is 584 g/mol. The van der Waals surface area contributed by atoms with Crippen LogP contribution in [0.4, 0.5) is 10.5 Å². The summed E-state index contributed by atoms with van der Waals surface area (Å²) >= 11 is 0. The molecule has 3 rings (SSSR count). The van der Waals surface area contributed by atoms with Crippen molar-refractivity contribution in [1.82, 2.24) is 4.90 Å². The maximum absolute atomic E-state index is 13.8. The molecular weight excluding hydrogens is 540 g/mol. The third-order valence-corrected chi connectivity index (χ3v) is 7.04. The van der Waals surface area contributed by atoms with Crippen LogP contribution in [0.25, 0.3) is 0 Å². The zero-order chi connectivity index (χ0) is 30.6. The third kappa shape index (κ3) is 8.08. The van der Waals surface area contributed by atoms with E-state index in [-0.39, 0.29) is 31.7 Å². The van der Waals surface area contributed by atoms with Gasteiger partial charge in [0.15, 0.2) is 17.4 Å². The molecule has 1 fully saturated rings. The predicted octanol–water partition coefficient (Wildman–Crippen LogP) is 5.56. The highest BCUT2D eigenvalue weighted by Crippen LogP contribution is 2.35. The minimum atomic E-state index is -1.23. The number of anilines is 1. The van der Waals surface area contributed by atoms with Crippen LogP contribution in [-0.4, -0.2) is 70.0 Å². The van der Waals surface area contributed by atoms with Gasteiger partial charge in [-0.05, 0) is 49.9 Å². The molecule has 2 amide bonds. The van der Waals surface area contributed by atoms with Crippen molar-refractivity contribution in [3.63, 3.8) is 0 Å². The van der Waals surface area contributed by atoms with Gasteiger partial charge in [-0.25, -0.2) is 4.79 Å². The number of hydrogen-bond donors (Lipinski definition) is 0. The molecule has 10 heteroatoms. The van der Waals surface area contributed by atoms with Crippen LogP contribution in [0, 0.1) is 5.92 Å². The van der Waals surface area contributed by atoms with Gasteiger partial charge in [0, 0.05) is 30.4 Å². The Morgan fingerprint density at radius 1 is 0.881 bits per heavy atom. The van der Waals surface area contributed by atoms with Crippen LogP contribution in [0.15, 0.2) is 36.4 Å². The summed E-state index contributed by atoms with van der Waals surface area (Å²) in [5.41, 5.74) is 1.87. The molecule has 1 aliphatic heterocycles. The molecule has 2 aromatic carbocycles. The third-order valence-electron chi connectivity index (χ3n) is 7.04. The largest absolute Gasteiger partial charge is 0.496 e. The van der Waals surface area contributed by atoms with Gasteiger partial charge in [-0.1, -0.05) is 38.8 Å². The van der Waals surface area contributed by atoms with E-state index in [0.29, 0.717) is 42.5 Å². The minimum absolute atomic E-state index is 0.135. The van der Waals surface area contributed by atoms with Crippen molar-refractivity contribution in [1.29, 1.82) is 0 Å². The van der Waals surface area contributed by atoms with Gasteiger partial charge in [0.1, 0.15) is 5.75 Å². The first-order valence-corrected chi connectivity index (χ1v) is 14.6. The summed E-state index contributed by atoms with van der Waals surface area (Å²) in [6.45, 7) is 9.85. The Bertz CT molecular complexity index is 1200. The zero-order valence-corrected chi connectivity index (χ0v) is 25.6. The Morgan fingerprint density at radius 2 is 1.57 bits per heavy atom. The van der Waals surface area contributed by atoms with E-state index in [1.54, 1.807) is 49.0 Å². The van der Waals surface area contributed by atoms with Gasteiger partial charge in [-0.15, -0.1) is 0 Å². The van der Waals surface area contributed by atoms with Crippen molar-refractivity contribution in [3.05, 3.63) is 47.5 Å².